The lowest BCUT2D eigenvalue weighted by molar-refractivity contribution is -0.143. The number of hydrogen-bond acceptors (Lipinski definition) is 12. The van der Waals surface area contributed by atoms with Crippen molar-refractivity contribution in [3.63, 3.8) is 0 Å². The number of H-pyrrole nitrogens is 2. The van der Waals surface area contributed by atoms with Gasteiger partial charge in [0, 0.05) is 47.0 Å². The van der Waals surface area contributed by atoms with Crippen LogP contribution in [0.2, 0.25) is 0 Å². The Morgan fingerprint density at radius 1 is 0.544 bits per heavy atom. The fourth-order valence-electron chi connectivity index (χ4n) is 7.11. The van der Waals surface area contributed by atoms with E-state index in [0.29, 0.717) is 27.4 Å². The van der Waals surface area contributed by atoms with Gasteiger partial charge in [-0.2, -0.15) is 0 Å². The van der Waals surface area contributed by atoms with Gasteiger partial charge in [0.1, 0.15) is 48.3 Å². The first-order valence-electron chi connectivity index (χ1n) is 21.8. The molecule has 368 valence electrons. The summed E-state index contributed by atoms with van der Waals surface area (Å²) in [6.45, 7) is 6.30. The molecule has 0 aliphatic heterocycles. The standard InChI is InChI=1S/C45H60N10O13/c1-21(2)14-34(45(67)68)54-40(62)31(15-25-18-47-29-12-8-6-10-27(25)29)53-43(65)35(20-56)55-41(63)32(16-26-19-48-30-13-9-7-11-28(26)30)52-42(64)33(17-36(58)59)51-39(61)23(4)49-38(60)22(3)50-44(66)37(46)24(5)57/h6-13,18-19,21-24,31-35,37,47-48,56-57H,14-17,20,46H2,1-5H3,(H,49,60)(H,50,66)(H,51,61)(H,52,64)(H,53,65)(H,54,62)(H,55,63)(H,58,59)(H,67,68). The minimum atomic E-state index is -1.84. The van der Waals surface area contributed by atoms with Gasteiger partial charge in [-0.1, -0.05) is 50.2 Å². The summed E-state index contributed by atoms with van der Waals surface area (Å²) in [5, 5.41) is 57.7. The summed E-state index contributed by atoms with van der Waals surface area (Å²) in [6, 6.07) is 2.15. The third-order valence-corrected chi connectivity index (χ3v) is 10.9. The highest BCUT2D eigenvalue weighted by molar-refractivity contribution is 5.99. The molecule has 9 unspecified atom stereocenters. The van der Waals surface area contributed by atoms with Gasteiger partial charge in [0.15, 0.2) is 0 Å². The number of nitrogens with one attached hydrogen (secondary N) is 9. The van der Waals surface area contributed by atoms with Crippen LogP contribution in [0, 0.1) is 5.92 Å². The summed E-state index contributed by atoms with van der Waals surface area (Å²) < 4.78 is 0. The number of para-hydroxylation sites is 2. The number of carbonyl (C=O) groups is 9. The summed E-state index contributed by atoms with van der Waals surface area (Å²) in [6.07, 6.45) is 0.614. The molecule has 68 heavy (non-hydrogen) atoms. The van der Waals surface area contributed by atoms with Crippen LogP contribution in [0.5, 0.6) is 0 Å². The lowest BCUT2D eigenvalue weighted by Crippen LogP contribution is -2.61. The van der Waals surface area contributed by atoms with Crippen LogP contribution in [0.4, 0.5) is 0 Å². The van der Waals surface area contributed by atoms with Gasteiger partial charge in [-0.05, 0) is 56.4 Å². The molecule has 23 heteroatoms. The van der Waals surface area contributed by atoms with Crippen LogP contribution in [0.3, 0.4) is 0 Å². The number of nitrogens with two attached hydrogens (primary N) is 1. The fraction of sp³-hybridized carbons (Fsp3) is 0.444. The third-order valence-electron chi connectivity index (χ3n) is 10.9. The zero-order chi connectivity index (χ0) is 50.4. The van der Waals surface area contributed by atoms with Crippen LogP contribution in [0.25, 0.3) is 21.8 Å². The Hall–Kier alpha value is -7.37. The molecule has 0 spiro atoms. The Morgan fingerprint density at radius 3 is 1.38 bits per heavy atom. The van der Waals surface area contributed by atoms with Gasteiger partial charge in [-0.3, -0.25) is 38.4 Å². The predicted octanol–water partition coefficient (Wildman–Crippen LogP) is -1.83. The van der Waals surface area contributed by atoms with E-state index in [0.717, 1.165) is 5.52 Å². The normalized spacial score (nSPS) is 15.3. The SMILES string of the molecule is CC(C)CC(NC(=O)C(Cc1c[nH]c2ccccc12)NC(=O)C(CO)NC(=O)C(Cc1c[nH]c2ccccc12)NC(=O)C(CC(=O)O)NC(=O)C(C)NC(=O)C(C)NC(=O)C(N)C(C)O)C(=O)O. The van der Waals surface area contributed by atoms with Gasteiger partial charge in [-0.25, -0.2) is 4.79 Å². The Labute approximate surface area is 390 Å². The molecule has 2 heterocycles. The first-order valence-corrected chi connectivity index (χ1v) is 21.8. The molecule has 23 nitrogen and oxygen atoms in total. The number of carboxylic acid groups (broad SMARTS) is 2. The number of fused-ring (bicyclic) bond motifs is 2. The number of aromatic amines is 2. The maximum Gasteiger partial charge on any atom is 0.326 e. The van der Waals surface area contributed by atoms with E-state index in [1.54, 1.807) is 74.8 Å². The molecule has 0 bridgehead atoms. The van der Waals surface area contributed by atoms with Crippen molar-refractivity contribution in [2.45, 2.75) is 115 Å². The van der Waals surface area contributed by atoms with E-state index in [9.17, 15) is 63.6 Å². The number of rotatable bonds is 25. The van der Waals surface area contributed by atoms with E-state index in [-0.39, 0.29) is 25.2 Å². The molecule has 2 aromatic heterocycles. The first-order chi connectivity index (χ1) is 32.1. The van der Waals surface area contributed by atoms with Crippen molar-refractivity contribution < 1.29 is 63.6 Å². The Bertz CT molecular complexity index is 2470. The molecule has 2 aromatic carbocycles. The number of amides is 7. The largest absolute Gasteiger partial charge is 0.481 e. The van der Waals surface area contributed by atoms with E-state index < -0.39 is 121 Å². The average molecular weight is 949 g/mol. The quantitative estimate of drug-likeness (QED) is 0.0348. The van der Waals surface area contributed by atoms with Crippen molar-refractivity contribution in [1.29, 1.82) is 0 Å². The zero-order valence-electron chi connectivity index (χ0n) is 38.1. The van der Waals surface area contributed by atoms with E-state index in [2.05, 4.69) is 47.2 Å². The molecule has 0 saturated heterocycles. The molecule has 15 N–H and O–H groups in total. The van der Waals surface area contributed by atoms with Crippen LogP contribution < -0.4 is 43.0 Å². The summed E-state index contributed by atoms with van der Waals surface area (Å²) in [5.41, 5.74) is 8.05. The van der Waals surface area contributed by atoms with Crippen LogP contribution in [-0.2, 0) is 56.0 Å². The number of carboxylic acids is 2. The first kappa shape index (κ1) is 53.2. The molecular weight excluding hydrogens is 889 g/mol. The number of aromatic nitrogens is 2. The third kappa shape index (κ3) is 14.8. The van der Waals surface area contributed by atoms with Gasteiger partial charge in [-0.15, -0.1) is 0 Å². The minimum absolute atomic E-state index is 0.0720. The minimum Gasteiger partial charge on any atom is -0.481 e. The van der Waals surface area contributed by atoms with Crippen molar-refractivity contribution in [2.24, 2.45) is 11.7 Å². The summed E-state index contributed by atoms with van der Waals surface area (Å²) in [4.78, 5) is 124. The van der Waals surface area contributed by atoms with Crippen LogP contribution >= 0.6 is 0 Å². The van der Waals surface area contributed by atoms with E-state index in [1.165, 1.54) is 20.8 Å². The number of carbonyl (C=O) groups excluding carboxylic acids is 7. The van der Waals surface area contributed by atoms with Crippen molar-refractivity contribution in [1.82, 2.24) is 47.2 Å². The van der Waals surface area contributed by atoms with Crippen molar-refractivity contribution in [2.75, 3.05) is 6.61 Å². The smallest absolute Gasteiger partial charge is 0.326 e. The Balaban J connectivity index is 1.57. The highest BCUT2D eigenvalue weighted by Crippen LogP contribution is 2.21. The molecule has 0 fully saturated rings. The van der Waals surface area contributed by atoms with Gasteiger partial charge in [0.2, 0.25) is 41.4 Å². The van der Waals surface area contributed by atoms with E-state index in [1.807, 2.05) is 0 Å². The van der Waals surface area contributed by atoms with Crippen molar-refractivity contribution in [3.05, 3.63) is 72.1 Å². The highest BCUT2D eigenvalue weighted by atomic mass is 16.4. The van der Waals surface area contributed by atoms with E-state index in [4.69, 9.17) is 5.73 Å². The molecule has 7 amide bonds. The van der Waals surface area contributed by atoms with E-state index >= 15 is 0 Å². The maximum absolute atomic E-state index is 14.2. The molecule has 0 aliphatic carbocycles. The molecule has 9 atom stereocenters. The van der Waals surface area contributed by atoms with Gasteiger partial charge in [0.25, 0.3) is 0 Å². The average Bonchev–Trinajstić information content (AvgIpc) is 3.89. The molecule has 4 rings (SSSR count). The number of aliphatic hydroxyl groups excluding tert-OH is 2. The molecule has 0 aliphatic rings. The second kappa shape index (κ2) is 24.4. The van der Waals surface area contributed by atoms with Crippen molar-refractivity contribution in [3.8, 4) is 0 Å². The summed E-state index contributed by atoms with van der Waals surface area (Å²) >= 11 is 0. The molecular formula is C45H60N10O13. The van der Waals surface area contributed by atoms with Crippen molar-refractivity contribution >= 4 is 75.1 Å². The van der Waals surface area contributed by atoms with Gasteiger partial charge >= 0.3 is 11.9 Å². The highest BCUT2D eigenvalue weighted by Gasteiger charge is 2.35. The summed E-state index contributed by atoms with van der Waals surface area (Å²) in [5.74, 6) is -9.83. The Morgan fingerprint density at radius 2 is 0.941 bits per heavy atom. The lowest BCUT2D eigenvalue weighted by Gasteiger charge is -2.27. The number of hydrogen-bond donors (Lipinski definition) is 14. The molecule has 0 radical (unpaired) electrons. The Kier molecular flexibility index (Phi) is 19.1. The van der Waals surface area contributed by atoms with Crippen LogP contribution in [-0.4, -0.2) is 145 Å². The lowest BCUT2D eigenvalue weighted by atomic mass is 10.0. The predicted molar refractivity (Wildman–Crippen MR) is 245 cm³/mol. The molecule has 0 saturated carbocycles. The summed E-state index contributed by atoms with van der Waals surface area (Å²) in [7, 11) is 0. The second-order valence-corrected chi connectivity index (χ2v) is 16.9. The number of aliphatic hydroxyl groups is 2. The fourth-order valence-corrected chi connectivity index (χ4v) is 7.11. The number of aliphatic carboxylic acids is 2. The van der Waals surface area contributed by atoms with Gasteiger partial charge < -0.3 is 73.3 Å². The topological polar surface area (TPSA) is 376 Å². The second-order valence-electron chi connectivity index (χ2n) is 16.9. The monoisotopic (exact) mass is 948 g/mol. The number of benzene rings is 2. The molecule has 4 aromatic rings. The van der Waals surface area contributed by atoms with Gasteiger partial charge in [0.05, 0.1) is 19.1 Å². The van der Waals surface area contributed by atoms with Crippen LogP contribution in [0.15, 0.2) is 60.9 Å². The zero-order valence-corrected chi connectivity index (χ0v) is 38.1. The maximum atomic E-state index is 14.2. The van der Waals surface area contributed by atoms with Crippen LogP contribution in [0.1, 0.15) is 58.6 Å².